The van der Waals surface area contributed by atoms with Gasteiger partial charge in [-0.05, 0) is 40.0 Å². The maximum atomic E-state index is 12.1. The lowest BCUT2D eigenvalue weighted by molar-refractivity contribution is 0.0936. The molecule has 0 aliphatic rings. The summed E-state index contributed by atoms with van der Waals surface area (Å²) >= 11 is 3.31. The second-order valence-corrected chi connectivity index (χ2v) is 5.02. The summed E-state index contributed by atoms with van der Waals surface area (Å²) in [6.07, 6.45) is 0. The molecule has 0 saturated carbocycles. The maximum Gasteiger partial charge on any atom is 0.253 e. The molecule has 0 radical (unpaired) electrons. The molecule has 1 rings (SSSR count). The molecule has 1 unspecified atom stereocenters. The molecule has 0 aromatic heterocycles. The zero-order valence-corrected chi connectivity index (χ0v) is 12.1. The number of rotatable bonds is 4. The summed E-state index contributed by atoms with van der Waals surface area (Å²) in [6.45, 7) is 3.77. The van der Waals surface area contributed by atoms with Crippen molar-refractivity contribution in [3.05, 3.63) is 28.2 Å². The Morgan fingerprint density at radius 1 is 1.50 bits per heavy atom. The Balaban J connectivity index is 2.94. The van der Waals surface area contributed by atoms with Crippen LogP contribution in [0.25, 0.3) is 0 Å². The molecule has 1 amide bonds. The second-order valence-electron chi connectivity index (χ2n) is 4.17. The van der Waals surface area contributed by atoms with E-state index in [1.54, 1.807) is 18.2 Å². The highest BCUT2D eigenvalue weighted by atomic mass is 79.9. The van der Waals surface area contributed by atoms with Gasteiger partial charge in [0, 0.05) is 4.47 Å². The highest BCUT2D eigenvalue weighted by molar-refractivity contribution is 9.10. The third-order valence-corrected chi connectivity index (χ3v) is 3.20. The van der Waals surface area contributed by atoms with Gasteiger partial charge < -0.3 is 10.1 Å². The minimum Gasteiger partial charge on any atom is -0.497 e. The maximum absolute atomic E-state index is 12.1. The summed E-state index contributed by atoms with van der Waals surface area (Å²) in [7, 11) is 1.54. The minimum atomic E-state index is -0.504. The first kappa shape index (κ1) is 14.5. The highest BCUT2D eigenvalue weighted by Crippen LogP contribution is 2.22. The average molecular weight is 311 g/mol. The topological polar surface area (TPSA) is 62.1 Å². The number of nitriles is 1. The van der Waals surface area contributed by atoms with Crippen molar-refractivity contribution < 1.29 is 9.53 Å². The van der Waals surface area contributed by atoms with Crippen LogP contribution in [-0.2, 0) is 0 Å². The Hall–Kier alpha value is -1.54. The van der Waals surface area contributed by atoms with Crippen LogP contribution in [0.4, 0.5) is 0 Å². The molecule has 4 nitrogen and oxygen atoms in total. The molecule has 0 bridgehead atoms. The van der Waals surface area contributed by atoms with Gasteiger partial charge in [-0.3, -0.25) is 4.79 Å². The number of nitrogens with one attached hydrogen (secondary N) is 1. The Kier molecular flexibility index (Phi) is 5.17. The van der Waals surface area contributed by atoms with Crippen molar-refractivity contribution >= 4 is 21.8 Å². The normalized spacial score (nSPS) is 11.8. The molecule has 0 spiro atoms. The summed E-state index contributed by atoms with van der Waals surface area (Å²) in [6, 6.07) is 6.70. The van der Waals surface area contributed by atoms with Crippen molar-refractivity contribution in [1.29, 1.82) is 5.26 Å². The Labute approximate surface area is 115 Å². The quantitative estimate of drug-likeness (QED) is 0.930. The number of hydrogen-bond acceptors (Lipinski definition) is 3. The standard InChI is InChI=1S/C13H15BrN2O2/c1-8(2)12(7-15)16-13(17)10-6-9(18-3)4-5-11(10)14/h4-6,8,12H,1-3H3,(H,16,17). The third kappa shape index (κ3) is 3.47. The largest absolute Gasteiger partial charge is 0.497 e. The fourth-order valence-corrected chi connectivity index (χ4v) is 1.80. The molecular formula is C13H15BrN2O2. The van der Waals surface area contributed by atoms with Gasteiger partial charge in [-0.15, -0.1) is 0 Å². The van der Waals surface area contributed by atoms with Crippen molar-refractivity contribution in [1.82, 2.24) is 5.32 Å². The summed E-state index contributed by atoms with van der Waals surface area (Å²) in [5.41, 5.74) is 0.454. The summed E-state index contributed by atoms with van der Waals surface area (Å²) in [5.74, 6) is 0.366. The van der Waals surface area contributed by atoms with E-state index < -0.39 is 6.04 Å². The van der Waals surface area contributed by atoms with Crippen molar-refractivity contribution in [2.75, 3.05) is 7.11 Å². The van der Waals surface area contributed by atoms with E-state index in [0.717, 1.165) is 0 Å². The van der Waals surface area contributed by atoms with Gasteiger partial charge in [0.1, 0.15) is 11.8 Å². The Morgan fingerprint density at radius 3 is 2.67 bits per heavy atom. The number of carbonyl (C=O) groups excluding carboxylic acids is 1. The monoisotopic (exact) mass is 310 g/mol. The van der Waals surface area contributed by atoms with E-state index in [2.05, 4.69) is 27.3 Å². The summed E-state index contributed by atoms with van der Waals surface area (Å²) in [4.78, 5) is 12.1. The van der Waals surface area contributed by atoms with Gasteiger partial charge in [-0.25, -0.2) is 0 Å². The molecule has 1 aromatic carbocycles. The smallest absolute Gasteiger partial charge is 0.253 e. The molecule has 1 atom stereocenters. The van der Waals surface area contributed by atoms with E-state index in [0.29, 0.717) is 15.8 Å². The van der Waals surface area contributed by atoms with Gasteiger partial charge in [0.2, 0.25) is 0 Å². The fraction of sp³-hybridized carbons (Fsp3) is 0.385. The van der Waals surface area contributed by atoms with Crippen LogP contribution < -0.4 is 10.1 Å². The molecule has 0 aliphatic carbocycles. The number of benzene rings is 1. The lowest BCUT2D eigenvalue weighted by Gasteiger charge is -2.15. The van der Waals surface area contributed by atoms with Crippen LogP contribution >= 0.6 is 15.9 Å². The van der Waals surface area contributed by atoms with Crippen LogP contribution in [-0.4, -0.2) is 19.1 Å². The minimum absolute atomic E-state index is 0.0586. The first-order valence-corrected chi connectivity index (χ1v) is 6.33. The van der Waals surface area contributed by atoms with Crippen LogP contribution in [0.5, 0.6) is 5.75 Å². The number of halogens is 1. The zero-order valence-electron chi connectivity index (χ0n) is 10.5. The number of methoxy groups -OCH3 is 1. The molecule has 0 aliphatic heterocycles. The number of hydrogen-bond donors (Lipinski definition) is 1. The summed E-state index contributed by atoms with van der Waals surface area (Å²) in [5, 5.41) is 11.7. The number of carbonyl (C=O) groups is 1. The average Bonchev–Trinajstić information content (AvgIpc) is 2.35. The molecule has 96 valence electrons. The van der Waals surface area contributed by atoms with Gasteiger partial charge in [0.05, 0.1) is 18.7 Å². The molecule has 0 fully saturated rings. The molecule has 18 heavy (non-hydrogen) atoms. The number of ether oxygens (including phenoxy) is 1. The van der Waals surface area contributed by atoms with Crippen LogP contribution in [0.1, 0.15) is 24.2 Å². The van der Waals surface area contributed by atoms with Crippen molar-refractivity contribution in [3.8, 4) is 11.8 Å². The first-order valence-electron chi connectivity index (χ1n) is 5.53. The van der Waals surface area contributed by atoms with Crippen LogP contribution in [0.3, 0.4) is 0 Å². The van der Waals surface area contributed by atoms with Crippen molar-refractivity contribution in [2.24, 2.45) is 5.92 Å². The van der Waals surface area contributed by atoms with E-state index in [9.17, 15) is 4.79 Å². The van der Waals surface area contributed by atoms with Crippen molar-refractivity contribution in [2.45, 2.75) is 19.9 Å². The van der Waals surface area contributed by atoms with Crippen LogP contribution in [0, 0.1) is 17.2 Å². The Bertz CT molecular complexity index is 480. The lowest BCUT2D eigenvalue weighted by Crippen LogP contribution is -2.37. The van der Waals surface area contributed by atoms with Gasteiger partial charge >= 0.3 is 0 Å². The first-order chi connectivity index (χ1) is 8.49. The lowest BCUT2D eigenvalue weighted by atomic mass is 10.1. The van der Waals surface area contributed by atoms with E-state index >= 15 is 0 Å². The molecule has 0 heterocycles. The number of amides is 1. The van der Waals surface area contributed by atoms with Gasteiger partial charge in [0.15, 0.2) is 0 Å². The predicted molar refractivity (Wildman–Crippen MR) is 72.4 cm³/mol. The highest BCUT2D eigenvalue weighted by Gasteiger charge is 2.18. The van der Waals surface area contributed by atoms with E-state index in [1.165, 1.54) is 7.11 Å². The molecule has 1 N–H and O–H groups in total. The van der Waals surface area contributed by atoms with E-state index in [-0.39, 0.29) is 11.8 Å². The van der Waals surface area contributed by atoms with E-state index in [4.69, 9.17) is 10.00 Å². The zero-order chi connectivity index (χ0) is 13.7. The molecular weight excluding hydrogens is 296 g/mol. The van der Waals surface area contributed by atoms with Crippen LogP contribution in [0.2, 0.25) is 0 Å². The van der Waals surface area contributed by atoms with Crippen LogP contribution in [0.15, 0.2) is 22.7 Å². The van der Waals surface area contributed by atoms with E-state index in [1.807, 2.05) is 13.8 Å². The van der Waals surface area contributed by atoms with Crippen molar-refractivity contribution in [3.63, 3.8) is 0 Å². The summed E-state index contributed by atoms with van der Waals surface area (Å²) < 4.78 is 5.74. The molecule has 0 saturated heterocycles. The Morgan fingerprint density at radius 2 is 2.17 bits per heavy atom. The number of nitrogens with zero attached hydrogens (tertiary/aromatic N) is 1. The van der Waals surface area contributed by atoms with Gasteiger partial charge in [0.25, 0.3) is 5.91 Å². The fourth-order valence-electron chi connectivity index (χ4n) is 1.37. The third-order valence-electron chi connectivity index (χ3n) is 2.51. The SMILES string of the molecule is COc1ccc(Br)c(C(=O)NC(C#N)C(C)C)c1. The van der Waals surface area contributed by atoms with Gasteiger partial charge in [-0.2, -0.15) is 5.26 Å². The second kappa shape index (κ2) is 6.41. The molecule has 1 aromatic rings. The predicted octanol–water partition coefficient (Wildman–Crippen LogP) is 2.74. The van der Waals surface area contributed by atoms with Gasteiger partial charge in [-0.1, -0.05) is 13.8 Å². The molecule has 5 heteroatoms.